The van der Waals surface area contributed by atoms with E-state index >= 15 is 0 Å². The zero-order valence-electron chi connectivity index (χ0n) is 29.1. The smallest absolute Gasteiger partial charge is 0.0434 e. The summed E-state index contributed by atoms with van der Waals surface area (Å²) in [6.45, 7) is 4.75. The average molecular weight is 679 g/mol. The fraction of sp³-hybridized carbons (Fsp3) is 0.0588. The summed E-state index contributed by atoms with van der Waals surface area (Å²) >= 11 is 1.90. The number of fused-ring (bicyclic) bond motifs is 10. The van der Waals surface area contributed by atoms with E-state index in [1.807, 2.05) is 11.3 Å². The van der Waals surface area contributed by atoms with Gasteiger partial charge in [-0.3, -0.25) is 0 Å². The highest BCUT2D eigenvalue weighted by Gasteiger charge is 2.37. The number of benzene rings is 9. The van der Waals surface area contributed by atoms with Crippen LogP contribution in [0.4, 0.5) is 0 Å². The molecular formula is C51H34S. The summed E-state index contributed by atoms with van der Waals surface area (Å²) in [7, 11) is 0. The molecule has 1 aliphatic carbocycles. The first kappa shape index (κ1) is 29.7. The molecule has 0 saturated heterocycles. The van der Waals surface area contributed by atoms with Crippen molar-refractivity contribution in [2.45, 2.75) is 19.3 Å². The summed E-state index contributed by atoms with van der Waals surface area (Å²) in [5.41, 5.74) is 13.2. The second-order valence-corrected chi connectivity index (χ2v) is 15.8. The van der Waals surface area contributed by atoms with Crippen molar-refractivity contribution in [2.24, 2.45) is 0 Å². The van der Waals surface area contributed by atoms with Crippen LogP contribution in [0.15, 0.2) is 170 Å². The lowest BCUT2D eigenvalue weighted by atomic mass is 9.81. The highest BCUT2D eigenvalue weighted by molar-refractivity contribution is 7.26. The Morgan fingerprint density at radius 1 is 0.346 bits per heavy atom. The second kappa shape index (κ2) is 11.0. The SMILES string of the molecule is CC1(C)c2cccc(-c3ccc(-c4c5ccccc5c(-c5cccc6c5sc5ccccc56)c5ccccc45)cc3)c2-c2c1ccc1ccccc21. The molecule has 0 radical (unpaired) electrons. The molecule has 0 aliphatic heterocycles. The van der Waals surface area contributed by atoms with Gasteiger partial charge in [0.2, 0.25) is 0 Å². The molecule has 0 N–H and O–H groups in total. The fourth-order valence-electron chi connectivity index (χ4n) is 9.28. The topological polar surface area (TPSA) is 0 Å². The molecule has 0 saturated carbocycles. The molecule has 1 heterocycles. The molecule has 0 spiro atoms. The number of rotatable bonds is 3. The molecule has 0 atom stereocenters. The van der Waals surface area contributed by atoms with Crippen LogP contribution < -0.4 is 0 Å². The molecule has 10 aromatic rings. The van der Waals surface area contributed by atoms with E-state index in [9.17, 15) is 0 Å². The van der Waals surface area contributed by atoms with Crippen molar-refractivity contribution in [3.05, 3.63) is 181 Å². The first-order valence-corrected chi connectivity index (χ1v) is 19.0. The van der Waals surface area contributed by atoms with E-state index in [0.717, 1.165) is 0 Å². The quantitative estimate of drug-likeness (QED) is 0.163. The Kier molecular flexibility index (Phi) is 6.27. The molecule has 1 aromatic heterocycles. The molecule has 9 aromatic carbocycles. The Balaban J connectivity index is 1.12. The Morgan fingerprint density at radius 3 is 1.62 bits per heavy atom. The maximum Gasteiger partial charge on any atom is 0.0434 e. The molecular weight excluding hydrogens is 645 g/mol. The highest BCUT2D eigenvalue weighted by atomic mass is 32.1. The van der Waals surface area contributed by atoms with Gasteiger partial charge in [0.15, 0.2) is 0 Å². The van der Waals surface area contributed by atoms with Gasteiger partial charge in [0.1, 0.15) is 0 Å². The molecule has 0 amide bonds. The van der Waals surface area contributed by atoms with Crippen molar-refractivity contribution in [3.8, 4) is 44.5 Å². The Labute approximate surface area is 307 Å². The van der Waals surface area contributed by atoms with Crippen LogP contribution >= 0.6 is 11.3 Å². The van der Waals surface area contributed by atoms with Gasteiger partial charge in [0.05, 0.1) is 0 Å². The van der Waals surface area contributed by atoms with E-state index in [1.165, 1.54) is 108 Å². The minimum Gasteiger partial charge on any atom is -0.135 e. The van der Waals surface area contributed by atoms with Crippen molar-refractivity contribution in [3.63, 3.8) is 0 Å². The summed E-state index contributed by atoms with van der Waals surface area (Å²) in [6, 6.07) is 63.4. The van der Waals surface area contributed by atoms with Crippen molar-refractivity contribution in [1.82, 2.24) is 0 Å². The lowest BCUT2D eigenvalue weighted by molar-refractivity contribution is 0.661. The minimum absolute atomic E-state index is 0.0651. The normalized spacial score (nSPS) is 13.3. The van der Waals surface area contributed by atoms with Gasteiger partial charge in [-0.1, -0.05) is 178 Å². The number of hydrogen-bond donors (Lipinski definition) is 0. The highest BCUT2D eigenvalue weighted by Crippen LogP contribution is 2.55. The third-order valence-electron chi connectivity index (χ3n) is 11.7. The summed E-state index contributed by atoms with van der Waals surface area (Å²) in [5, 5.41) is 10.4. The molecule has 0 nitrogen and oxygen atoms in total. The van der Waals surface area contributed by atoms with Crippen LogP contribution in [0.1, 0.15) is 25.0 Å². The fourth-order valence-corrected chi connectivity index (χ4v) is 10.5. The maximum absolute atomic E-state index is 2.38. The van der Waals surface area contributed by atoms with Crippen LogP contribution in [-0.4, -0.2) is 0 Å². The van der Waals surface area contributed by atoms with Crippen molar-refractivity contribution >= 4 is 63.8 Å². The van der Waals surface area contributed by atoms with E-state index in [4.69, 9.17) is 0 Å². The van der Waals surface area contributed by atoms with Gasteiger partial charge < -0.3 is 0 Å². The van der Waals surface area contributed by atoms with E-state index < -0.39 is 0 Å². The first-order chi connectivity index (χ1) is 25.6. The summed E-state index contributed by atoms with van der Waals surface area (Å²) in [6.07, 6.45) is 0. The van der Waals surface area contributed by atoms with E-state index in [-0.39, 0.29) is 5.41 Å². The van der Waals surface area contributed by atoms with Crippen LogP contribution in [0.25, 0.3) is 97.0 Å². The van der Waals surface area contributed by atoms with E-state index in [2.05, 4.69) is 184 Å². The Hall–Kier alpha value is -6.02. The average Bonchev–Trinajstić information content (AvgIpc) is 3.69. The van der Waals surface area contributed by atoms with Gasteiger partial charge in [0.25, 0.3) is 0 Å². The zero-order valence-corrected chi connectivity index (χ0v) is 29.9. The third kappa shape index (κ3) is 4.09. The van der Waals surface area contributed by atoms with E-state index in [1.54, 1.807) is 0 Å². The lowest BCUT2D eigenvalue weighted by Gasteiger charge is -2.22. The molecule has 0 bridgehead atoms. The molecule has 0 fully saturated rings. The monoisotopic (exact) mass is 678 g/mol. The van der Waals surface area contributed by atoms with Crippen LogP contribution in [-0.2, 0) is 5.41 Å². The largest absolute Gasteiger partial charge is 0.135 e. The van der Waals surface area contributed by atoms with E-state index in [0.29, 0.717) is 0 Å². The predicted octanol–water partition coefficient (Wildman–Crippen LogP) is 14.8. The Morgan fingerprint density at radius 2 is 0.885 bits per heavy atom. The van der Waals surface area contributed by atoms with Crippen LogP contribution in [0.3, 0.4) is 0 Å². The predicted molar refractivity (Wildman–Crippen MR) is 226 cm³/mol. The van der Waals surface area contributed by atoms with Crippen molar-refractivity contribution in [2.75, 3.05) is 0 Å². The molecule has 0 unspecified atom stereocenters. The third-order valence-corrected chi connectivity index (χ3v) is 12.9. The molecule has 1 aliphatic rings. The van der Waals surface area contributed by atoms with Gasteiger partial charge in [-0.2, -0.15) is 0 Å². The summed E-state index contributed by atoms with van der Waals surface area (Å²) in [5.74, 6) is 0. The van der Waals surface area contributed by atoms with Gasteiger partial charge >= 0.3 is 0 Å². The van der Waals surface area contributed by atoms with Crippen molar-refractivity contribution < 1.29 is 0 Å². The van der Waals surface area contributed by atoms with Crippen LogP contribution in [0, 0.1) is 0 Å². The first-order valence-electron chi connectivity index (χ1n) is 18.2. The van der Waals surface area contributed by atoms with Gasteiger partial charge in [-0.15, -0.1) is 11.3 Å². The minimum atomic E-state index is -0.0651. The van der Waals surface area contributed by atoms with Crippen LogP contribution in [0.5, 0.6) is 0 Å². The Bertz CT molecular complexity index is 3030. The summed E-state index contributed by atoms with van der Waals surface area (Å²) < 4.78 is 2.68. The molecule has 244 valence electrons. The van der Waals surface area contributed by atoms with Gasteiger partial charge in [-0.25, -0.2) is 0 Å². The molecule has 1 heteroatoms. The maximum atomic E-state index is 2.38. The van der Waals surface area contributed by atoms with Gasteiger partial charge in [0, 0.05) is 31.2 Å². The molecule has 11 rings (SSSR count). The second-order valence-electron chi connectivity index (χ2n) is 14.8. The van der Waals surface area contributed by atoms with Gasteiger partial charge in [-0.05, 0) is 88.5 Å². The van der Waals surface area contributed by atoms with Crippen LogP contribution in [0.2, 0.25) is 0 Å². The number of thiophene rings is 1. The zero-order chi connectivity index (χ0) is 34.6. The molecule has 52 heavy (non-hydrogen) atoms. The van der Waals surface area contributed by atoms with Crippen molar-refractivity contribution in [1.29, 1.82) is 0 Å². The summed E-state index contributed by atoms with van der Waals surface area (Å²) in [4.78, 5) is 0. The number of hydrogen-bond acceptors (Lipinski definition) is 1. The lowest BCUT2D eigenvalue weighted by Crippen LogP contribution is -2.14. The standard InChI is InChI=1S/C51H34S/c1-51(2)43-23-12-20-35(48(43)49-34-14-4-3-13-31(34)29-30-44(49)51)32-25-27-33(28-26-32)46-37-16-5-7-18-39(37)47(40-19-8-6-17-38(40)46)42-22-11-21-41-36-15-9-10-24-45(36)52-50(41)42/h3-30H,1-2H3.